The quantitative estimate of drug-likeness (QED) is 0.730. The van der Waals surface area contributed by atoms with Gasteiger partial charge in [-0.05, 0) is 38.0 Å². The molecule has 5 nitrogen and oxygen atoms in total. The molecule has 1 atom stereocenters. The number of carbonyl (C=O) groups is 1. The largest absolute Gasteiger partial charge is 0.481 e. The van der Waals surface area contributed by atoms with Gasteiger partial charge in [-0.1, -0.05) is 20.8 Å². The summed E-state index contributed by atoms with van der Waals surface area (Å²) in [5.74, 6) is 1.84. The third kappa shape index (κ3) is 6.56. The lowest BCUT2D eigenvalue weighted by atomic mass is 9.88. The molecule has 0 aliphatic carbocycles. The van der Waals surface area contributed by atoms with Crippen molar-refractivity contribution in [1.29, 1.82) is 0 Å². The molecule has 1 aromatic rings. The van der Waals surface area contributed by atoms with Crippen LogP contribution in [-0.4, -0.2) is 27.6 Å². The molecule has 0 saturated heterocycles. The van der Waals surface area contributed by atoms with Gasteiger partial charge in [-0.3, -0.25) is 4.79 Å². The number of aryl methyl sites for hydroxylation is 2. The van der Waals surface area contributed by atoms with E-state index in [0.29, 0.717) is 11.8 Å². The van der Waals surface area contributed by atoms with Crippen molar-refractivity contribution >= 4 is 11.8 Å². The first-order valence-corrected chi connectivity index (χ1v) is 7.72. The Morgan fingerprint density at radius 2 is 2.05 bits per heavy atom. The zero-order chi connectivity index (χ0) is 15.8. The Labute approximate surface area is 127 Å². The predicted octanol–water partition coefficient (Wildman–Crippen LogP) is 3.29. The maximum atomic E-state index is 10.7. The normalized spacial score (nSPS) is 12.4. The number of nitrogens with zero attached hydrogens (tertiary/aromatic N) is 2. The Morgan fingerprint density at radius 1 is 1.33 bits per heavy atom. The molecule has 1 rings (SSSR count). The molecule has 1 heterocycles. The van der Waals surface area contributed by atoms with Crippen molar-refractivity contribution in [1.82, 2.24) is 9.97 Å². The van der Waals surface area contributed by atoms with Crippen LogP contribution in [0.1, 0.15) is 51.6 Å². The van der Waals surface area contributed by atoms with E-state index in [0.717, 1.165) is 43.1 Å². The van der Waals surface area contributed by atoms with Gasteiger partial charge in [-0.2, -0.15) is 0 Å². The molecule has 0 spiro atoms. The molecule has 5 heteroatoms. The first-order valence-electron chi connectivity index (χ1n) is 7.72. The second-order valence-corrected chi connectivity index (χ2v) is 5.80. The molecule has 0 aliphatic rings. The number of carboxylic acids is 1. The number of anilines is 1. The molecule has 1 unspecified atom stereocenters. The summed E-state index contributed by atoms with van der Waals surface area (Å²) in [7, 11) is 0. The third-order valence-corrected chi connectivity index (χ3v) is 3.75. The van der Waals surface area contributed by atoms with Crippen molar-refractivity contribution in [3.8, 4) is 0 Å². The summed E-state index contributed by atoms with van der Waals surface area (Å²) in [5, 5.41) is 12.1. The van der Waals surface area contributed by atoms with Crippen molar-refractivity contribution in [3.05, 3.63) is 17.6 Å². The highest BCUT2D eigenvalue weighted by atomic mass is 16.4. The maximum absolute atomic E-state index is 10.7. The average molecular weight is 293 g/mol. The Bertz CT molecular complexity index is 461. The van der Waals surface area contributed by atoms with Crippen LogP contribution in [0.4, 0.5) is 5.82 Å². The number of hydrogen-bond acceptors (Lipinski definition) is 4. The van der Waals surface area contributed by atoms with Gasteiger partial charge in [0.25, 0.3) is 0 Å². The summed E-state index contributed by atoms with van der Waals surface area (Å²) in [6, 6.07) is 1.98. The van der Waals surface area contributed by atoms with Gasteiger partial charge in [0.1, 0.15) is 11.6 Å². The standard InChI is InChI=1S/C16H27N3O2/c1-5-14-10-15(19-12(4)18-14)17-9-8-13(11(2)3)6-7-16(20)21/h10-11,13H,5-9H2,1-4H3,(H,20,21)(H,17,18,19). The van der Waals surface area contributed by atoms with Crippen LogP contribution < -0.4 is 5.32 Å². The zero-order valence-electron chi connectivity index (χ0n) is 13.5. The summed E-state index contributed by atoms with van der Waals surface area (Å²) < 4.78 is 0. The summed E-state index contributed by atoms with van der Waals surface area (Å²) in [6.45, 7) is 9.08. The number of aromatic nitrogens is 2. The lowest BCUT2D eigenvalue weighted by Gasteiger charge is -2.20. The monoisotopic (exact) mass is 293 g/mol. The number of hydrogen-bond donors (Lipinski definition) is 2. The Kier molecular flexibility index (Phi) is 7.12. The van der Waals surface area contributed by atoms with Crippen LogP contribution in [0.2, 0.25) is 0 Å². The summed E-state index contributed by atoms with van der Waals surface area (Å²) in [4.78, 5) is 19.4. The smallest absolute Gasteiger partial charge is 0.303 e. The van der Waals surface area contributed by atoms with Gasteiger partial charge in [-0.25, -0.2) is 9.97 Å². The fourth-order valence-electron chi connectivity index (χ4n) is 2.41. The minimum absolute atomic E-state index is 0.245. The van der Waals surface area contributed by atoms with Crippen LogP contribution in [0.25, 0.3) is 0 Å². The van der Waals surface area contributed by atoms with Gasteiger partial charge in [0.15, 0.2) is 0 Å². The Morgan fingerprint density at radius 3 is 2.62 bits per heavy atom. The molecule has 21 heavy (non-hydrogen) atoms. The van der Waals surface area contributed by atoms with Crippen LogP contribution in [0.3, 0.4) is 0 Å². The van der Waals surface area contributed by atoms with Crippen molar-refractivity contribution in [2.24, 2.45) is 11.8 Å². The van der Waals surface area contributed by atoms with Gasteiger partial charge in [0.05, 0.1) is 0 Å². The van der Waals surface area contributed by atoms with E-state index in [9.17, 15) is 4.79 Å². The van der Waals surface area contributed by atoms with Gasteiger partial charge in [0, 0.05) is 24.7 Å². The average Bonchev–Trinajstić information content (AvgIpc) is 2.41. The Balaban J connectivity index is 2.49. The first kappa shape index (κ1) is 17.4. The van der Waals surface area contributed by atoms with Crippen molar-refractivity contribution in [2.75, 3.05) is 11.9 Å². The molecule has 0 amide bonds. The molecular formula is C16H27N3O2. The van der Waals surface area contributed by atoms with E-state index >= 15 is 0 Å². The van der Waals surface area contributed by atoms with Gasteiger partial charge in [-0.15, -0.1) is 0 Å². The highest BCUT2D eigenvalue weighted by Crippen LogP contribution is 2.21. The molecular weight excluding hydrogens is 266 g/mol. The van der Waals surface area contributed by atoms with E-state index < -0.39 is 5.97 Å². The van der Waals surface area contributed by atoms with Crippen LogP contribution in [0, 0.1) is 18.8 Å². The SMILES string of the molecule is CCc1cc(NCCC(CCC(=O)O)C(C)C)nc(C)n1. The molecule has 0 aromatic carbocycles. The second kappa shape index (κ2) is 8.60. The second-order valence-electron chi connectivity index (χ2n) is 5.80. The molecule has 1 aromatic heterocycles. The number of aliphatic carboxylic acids is 1. The minimum atomic E-state index is -0.715. The van der Waals surface area contributed by atoms with E-state index in [1.54, 1.807) is 0 Å². The lowest BCUT2D eigenvalue weighted by Crippen LogP contribution is -2.16. The molecule has 2 N–H and O–H groups in total. The van der Waals surface area contributed by atoms with Crippen molar-refractivity contribution in [3.63, 3.8) is 0 Å². The topological polar surface area (TPSA) is 75.1 Å². The van der Waals surface area contributed by atoms with E-state index in [1.165, 1.54) is 0 Å². The number of rotatable bonds is 9. The van der Waals surface area contributed by atoms with Gasteiger partial charge in [0.2, 0.25) is 0 Å². The highest BCUT2D eigenvalue weighted by molar-refractivity contribution is 5.66. The molecule has 0 bridgehead atoms. The van der Waals surface area contributed by atoms with Gasteiger partial charge < -0.3 is 10.4 Å². The van der Waals surface area contributed by atoms with Gasteiger partial charge >= 0.3 is 5.97 Å². The van der Waals surface area contributed by atoms with E-state index in [2.05, 4.69) is 36.1 Å². The van der Waals surface area contributed by atoms with Crippen LogP contribution in [0.5, 0.6) is 0 Å². The molecule has 0 aliphatic heterocycles. The molecule has 0 fully saturated rings. The van der Waals surface area contributed by atoms with Crippen molar-refractivity contribution < 1.29 is 9.90 Å². The fraction of sp³-hybridized carbons (Fsp3) is 0.688. The summed E-state index contributed by atoms with van der Waals surface area (Å²) >= 11 is 0. The summed E-state index contributed by atoms with van der Waals surface area (Å²) in [5.41, 5.74) is 1.04. The third-order valence-electron chi connectivity index (χ3n) is 3.75. The van der Waals surface area contributed by atoms with E-state index in [1.807, 2.05) is 13.0 Å². The van der Waals surface area contributed by atoms with Crippen molar-refractivity contribution in [2.45, 2.75) is 53.4 Å². The predicted molar refractivity (Wildman–Crippen MR) is 84.5 cm³/mol. The van der Waals surface area contributed by atoms with Crippen LogP contribution in [0.15, 0.2) is 6.07 Å². The first-order chi connectivity index (χ1) is 9.92. The van der Waals surface area contributed by atoms with E-state index in [4.69, 9.17) is 5.11 Å². The van der Waals surface area contributed by atoms with Crippen LogP contribution in [-0.2, 0) is 11.2 Å². The zero-order valence-corrected chi connectivity index (χ0v) is 13.5. The summed E-state index contributed by atoms with van der Waals surface area (Å²) in [6.07, 6.45) is 2.83. The molecule has 0 radical (unpaired) electrons. The van der Waals surface area contributed by atoms with Crippen LogP contribution >= 0.6 is 0 Å². The number of carboxylic acid groups (broad SMARTS) is 1. The minimum Gasteiger partial charge on any atom is -0.481 e. The number of nitrogens with one attached hydrogen (secondary N) is 1. The molecule has 118 valence electrons. The van der Waals surface area contributed by atoms with E-state index in [-0.39, 0.29) is 6.42 Å². The fourth-order valence-corrected chi connectivity index (χ4v) is 2.41. The Hall–Kier alpha value is -1.65. The molecule has 0 saturated carbocycles. The highest BCUT2D eigenvalue weighted by Gasteiger charge is 2.14. The lowest BCUT2D eigenvalue weighted by molar-refractivity contribution is -0.137. The maximum Gasteiger partial charge on any atom is 0.303 e.